The van der Waals surface area contributed by atoms with Gasteiger partial charge in [-0.25, -0.2) is 32.6 Å². The van der Waals surface area contributed by atoms with E-state index in [2.05, 4.69) is 30.5 Å². The van der Waals surface area contributed by atoms with Crippen molar-refractivity contribution in [3.63, 3.8) is 0 Å². The summed E-state index contributed by atoms with van der Waals surface area (Å²) in [5.41, 5.74) is 1.38. The van der Waals surface area contributed by atoms with E-state index < -0.39 is 21.7 Å². The van der Waals surface area contributed by atoms with Gasteiger partial charge in [0.05, 0.1) is 30.7 Å². The molecule has 184 valence electrons. The van der Waals surface area contributed by atoms with Crippen molar-refractivity contribution in [3.05, 3.63) is 60.2 Å². The highest BCUT2D eigenvalue weighted by molar-refractivity contribution is 7.89. The van der Waals surface area contributed by atoms with Crippen molar-refractivity contribution in [2.75, 3.05) is 41.5 Å². The fraction of sp³-hybridized carbons (Fsp3) is 0.304. The summed E-state index contributed by atoms with van der Waals surface area (Å²) in [5, 5.41) is 5.18. The van der Waals surface area contributed by atoms with Gasteiger partial charge in [-0.05, 0) is 43.3 Å². The van der Waals surface area contributed by atoms with Crippen LogP contribution in [0.2, 0.25) is 0 Å². The molecule has 0 unspecified atom stereocenters. The Morgan fingerprint density at radius 1 is 1.17 bits per heavy atom. The van der Waals surface area contributed by atoms with Crippen LogP contribution in [0.1, 0.15) is 12.6 Å². The predicted molar refractivity (Wildman–Crippen MR) is 130 cm³/mol. The summed E-state index contributed by atoms with van der Waals surface area (Å²) >= 11 is 0. The topological polar surface area (TPSA) is 126 Å². The van der Waals surface area contributed by atoms with Gasteiger partial charge < -0.3 is 15.0 Å². The molecule has 10 nitrogen and oxygen atoms in total. The number of hydrogen-bond acceptors (Lipinski definition) is 8. The Morgan fingerprint density at radius 3 is 2.60 bits per heavy atom. The van der Waals surface area contributed by atoms with Crippen LogP contribution in [0, 0.1) is 5.82 Å². The van der Waals surface area contributed by atoms with E-state index in [0.29, 0.717) is 48.3 Å². The Bertz CT molecular complexity index is 1300. The number of nitrogens with zero attached hydrogens (tertiary/aromatic N) is 4. The van der Waals surface area contributed by atoms with E-state index in [1.165, 1.54) is 30.5 Å². The average molecular weight is 501 g/mol. The van der Waals surface area contributed by atoms with Crippen LogP contribution in [0.15, 0.2) is 48.7 Å². The normalized spacial score (nSPS) is 16.1. The first-order chi connectivity index (χ1) is 16.7. The lowest BCUT2D eigenvalue weighted by Gasteiger charge is -2.34. The highest BCUT2D eigenvalue weighted by Gasteiger charge is 2.22. The number of urea groups is 1. The molecule has 35 heavy (non-hydrogen) atoms. The van der Waals surface area contributed by atoms with Gasteiger partial charge in [0.2, 0.25) is 0 Å². The van der Waals surface area contributed by atoms with Crippen molar-refractivity contribution in [1.82, 2.24) is 15.0 Å². The van der Waals surface area contributed by atoms with E-state index in [9.17, 15) is 17.6 Å². The number of benzene rings is 1. The molecule has 12 heteroatoms. The van der Waals surface area contributed by atoms with Gasteiger partial charge in [0.1, 0.15) is 17.5 Å². The van der Waals surface area contributed by atoms with Gasteiger partial charge in [-0.1, -0.05) is 0 Å². The molecule has 2 aromatic heterocycles. The number of anilines is 3. The van der Waals surface area contributed by atoms with Crippen LogP contribution in [-0.2, 0) is 20.3 Å². The summed E-state index contributed by atoms with van der Waals surface area (Å²) in [6.07, 6.45) is 2.66. The number of ether oxygens (including phenoxy) is 1. The van der Waals surface area contributed by atoms with Crippen LogP contribution >= 0.6 is 0 Å². The van der Waals surface area contributed by atoms with E-state index in [4.69, 9.17) is 4.74 Å². The third kappa shape index (κ3) is 6.70. The zero-order valence-corrected chi connectivity index (χ0v) is 20.0. The maximum absolute atomic E-state index is 13.0. The quantitative estimate of drug-likeness (QED) is 0.529. The van der Waals surface area contributed by atoms with Crippen molar-refractivity contribution in [2.24, 2.45) is 0 Å². The first-order valence-electron chi connectivity index (χ1n) is 10.9. The van der Waals surface area contributed by atoms with E-state index in [1.54, 1.807) is 18.2 Å². The minimum Gasteiger partial charge on any atom is -0.377 e. The van der Waals surface area contributed by atoms with Crippen LogP contribution in [0.4, 0.5) is 26.5 Å². The number of halogens is 1. The Balaban J connectivity index is 1.55. The van der Waals surface area contributed by atoms with Crippen molar-refractivity contribution < 1.29 is 22.3 Å². The third-order valence-electron chi connectivity index (χ3n) is 5.20. The average Bonchev–Trinajstić information content (AvgIpc) is 2.80. The molecule has 3 aromatic rings. The van der Waals surface area contributed by atoms with Gasteiger partial charge in [0.25, 0.3) is 0 Å². The zero-order chi connectivity index (χ0) is 25.0. The molecular weight excluding hydrogens is 475 g/mol. The molecule has 0 saturated carbocycles. The molecule has 1 aliphatic rings. The molecule has 4 rings (SSSR count). The molecule has 0 bridgehead atoms. The number of rotatable bonds is 6. The molecule has 0 aliphatic carbocycles. The minimum atomic E-state index is -3.31. The Hall–Kier alpha value is -3.64. The van der Waals surface area contributed by atoms with Gasteiger partial charge >= 0.3 is 6.03 Å². The Morgan fingerprint density at radius 2 is 1.94 bits per heavy atom. The largest absolute Gasteiger partial charge is 0.377 e. The number of amides is 2. The summed E-state index contributed by atoms with van der Waals surface area (Å²) in [6.45, 7) is 3.73. The molecule has 2 N–H and O–H groups in total. The summed E-state index contributed by atoms with van der Waals surface area (Å²) in [5.74, 6) is 0.607. The van der Waals surface area contributed by atoms with Crippen LogP contribution in [0.5, 0.6) is 0 Å². The maximum Gasteiger partial charge on any atom is 0.324 e. The number of carbonyl (C=O) groups excluding carboxylic acids is 1. The van der Waals surface area contributed by atoms with Gasteiger partial charge in [0.15, 0.2) is 15.7 Å². The minimum absolute atomic E-state index is 0.0712. The lowest BCUT2D eigenvalue weighted by molar-refractivity contribution is 0.0985. The first kappa shape index (κ1) is 24.5. The number of aromatic nitrogens is 3. The van der Waals surface area contributed by atoms with E-state index in [1.807, 2.05) is 6.92 Å². The molecular formula is C23H25FN6O4S. The fourth-order valence-corrected chi connectivity index (χ4v) is 4.27. The molecule has 1 fully saturated rings. The van der Waals surface area contributed by atoms with Gasteiger partial charge in [0, 0.05) is 36.3 Å². The van der Waals surface area contributed by atoms with E-state index in [0.717, 1.165) is 6.26 Å². The lowest BCUT2D eigenvalue weighted by Crippen LogP contribution is -2.44. The fourth-order valence-electron chi connectivity index (χ4n) is 3.58. The van der Waals surface area contributed by atoms with Crippen molar-refractivity contribution in [3.8, 4) is 11.4 Å². The van der Waals surface area contributed by atoms with Crippen LogP contribution in [0.3, 0.4) is 0 Å². The zero-order valence-electron chi connectivity index (χ0n) is 19.2. The second kappa shape index (κ2) is 10.3. The summed E-state index contributed by atoms with van der Waals surface area (Å²) < 4.78 is 42.4. The number of hydrogen-bond donors (Lipinski definition) is 2. The van der Waals surface area contributed by atoms with Gasteiger partial charge in [-0.2, -0.15) is 0 Å². The summed E-state index contributed by atoms with van der Waals surface area (Å²) in [6, 6.07) is 9.87. The van der Waals surface area contributed by atoms with Crippen molar-refractivity contribution in [1.29, 1.82) is 0 Å². The molecule has 1 atom stereocenters. The predicted octanol–water partition coefficient (Wildman–Crippen LogP) is 3.09. The van der Waals surface area contributed by atoms with Crippen LogP contribution in [0.25, 0.3) is 11.4 Å². The highest BCUT2D eigenvalue weighted by atomic mass is 32.2. The standard InChI is InChI=1S/C23H25FN6O4S/c1-15-13-34-10-9-30(15)21-11-19(14-35(2,32)33)26-22(29-21)16-3-8-20(25-12-16)28-23(31)27-18-6-4-17(24)5-7-18/h3-8,11-12,15H,9-10,13-14H2,1-2H3,(H2,25,27,28,31)/t15-/m0/s1. The number of sulfone groups is 1. The summed E-state index contributed by atoms with van der Waals surface area (Å²) in [4.78, 5) is 27.6. The molecule has 1 aliphatic heterocycles. The van der Waals surface area contributed by atoms with Gasteiger partial charge in [-0.3, -0.25) is 5.32 Å². The second-order valence-electron chi connectivity index (χ2n) is 8.25. The number of morpholine rings is 1. The third-order valence-corrected chi connectivity index (χ3v) is 6.02. The van der Waals surface area contributed by atoms with Crippen molar-refractivity contribution >= 4 is 33.2 Å². The monoisotopic (exact) mass is 500 g/mol. The second-order valence-corrected chi connectivity index (χ2v) is 10.4. The number of carbonyl (C=O) groups is 1. The molecule has 0 radical (unpaired) electrons. The first-order valence-corrected chi connectivity index (χ1v) is 12.9. The molecule has 2 amide bonds. The Labute approximate surface area is 202 Å². The maximum atomic E-state index is 13.0. The molecule has 1 saturated heterocycles. The Kier molecular flexibility index (Phi) is 7.22. The highest BCUT2D eigenvalue weighted by Crippen LogP contribution is 2.24. The van der Waals surface area contributed by atoms with Crippen LogP contribution in [-0.4, -0.2) is 61.5 Å². The molecule has 1 aromatic carbocycles. The molecule has 3 heterocycles. The SMILES string of the molecule is C[C@H]1COCCN1c1cc(CS(C)(=O)=O)nc(-c2ccc(NC(=O)Nc3ccc(F)cc3)nc2)n1. The van der Waals surface area contributed by atoms with Crippen molar-refractivity contribution in [2.45, 2.75) is 18.7 Å². The molecule has 0 spiro atoms. The van der Waals surface area contributed by atoms with Gasteiger partial charge in [-0.15, -0.1) is 0 Å². The number of pyridine rings is 1. The summed E-state index contributed by atoms with van der Waals surface area (Å²) in [7, 11) is -3.31. The smallest absolute Gasteiger partial charge is 0.324 e. The number of nitrogens with one attached hydrogen (secondary N) is 2. The van der Waals surface area contributed by atoms with E-state index in [-0.39, 0.29) is 17.6 Å². The lowest BCUT2D eigenvalue weighted by atomic mass is 10.2. The van der Waals surface area contributed by atoms with E-state index >= 15 is 0 Å². The van der Waals surface area contributed by atoms with Crippen LogP contribution < -0.4 is 15.5 Å².